The quantitative estimate of drug-likeness (QED) is 0.828. The smallest absolute Gasteiger partial charge is 0.321 e. The molecule has 1 aliphatic heterocycles. The summed E-state index contributed by atoms with van der Waals surface area (Å²) in [5, 5.41) is 18.9. The Morgan fingerprint density at radius 3 is 2.62 bits per heavy atom. The minimum atomic E-state index is -0.922. The second-order valence-corrected chi connectivity index (χ2v) is 5.83. The first-order chi connectivity index (χ1) is 9.96. The minimum absolute atomic E-state index is 0.241. The largest absolute Gasteiger partial charge is 0.496 e. The maximum Gasteiger partial charge on any atom is 0.321 e. The van der Waals surface area contributed by atoms with E-state index in [1.165, 1.54) is 0 Å². The lowest BCUT2D eigenvalue weighted by molar-refractivity contribution is -0.142. The third-order valence-corrected chi connectivity index (χ3v) is 4.21. The highest BCUT2D eigenvalue weighted by atomic mass is 79.9. The number of carboxylic acid groups (broad SMARTS) is 1. The van der Waals surface area contributed by atoms with Crippen molar-refractivity contribution in [3.63, 3.8) is 0 Å². The maximum absolute atomic E-state index is 11.3. The molecule has 116 valence electrons. The average Bonchev–Trinajstić information content (AvgIpc) is 2.81. The SMILES string of the molecule is COc1cc(CN2CC(O)CC2C(=O)O)c(OC)cc1Br. The van der Waals surface area contributed by atoms with Gasteiger partial charge >= 0.3 is 5.97 Å². The molecular weight excluding hydrogens is 342 g/mol. The first-order valence-corrected chi connectivity index (χ1v) is 7.30. The van der Waals surface area contributed by atoms with Crippen LogP contribution >= 0.6 is 15.9 Å². The number of methoxy groups -OCH3 is 2. The van der Waals surface area contributed by atoms with Crippen molar-refractivity contribution in [2.24, 2.45) is 0 Å². The second-order valence-electron chi connectivity index (χ2n) is 4.97. The fourth-order valence-electron chi connectivity index (χ4n) is 2.58. The summed E-state index contributed by atoms with van der Waals surface area (Å²) in [5.74, 6) is 0.375. The molecule has 2 rings (SSSR count). The van der Waals surface area contributed by atoms with Crippen LogP contribution in [0.1, 0.15) is 12.0 Å². The third kappa shape index (κ3) is 3.48. The Morgan fingerprint density at radius 1 is 1.38 bits per heavy atom. The molecule has 1 saturated heterocycles. The topological polar surface area (TPSA) is 79.2 Å². The Labute approximate surface area is 131 Å². The Kier molecular flexibility index (Phi) is 5.08. The lowest BCUT2D eigenvalue weighted by atomic mass is 10.1. The van der Waals surface area contributed by atoms with E-state index in [2.05, 4.69) is 15.9 Å². The van der Waals surface area contributed by atoms with E-state index in [9.17, 15) is 15.0 Å². The lowest BCUT2D eigenvalue weighted by Gasteiger charge is -2.22. The number of rotatable bonds is 5. The summed E-state index contributed by atoms with van der Waals surface area (Å²) in [4.78, 5) is 13.0. The molecule has 0 saturated carbocycles. The monoisotopic (exact) mass is 359 g/mol. The summed E-state index contributed by atoms with van der Waals surface area (Å²) in [5.41, 5.74) is 0.818. The number of aliphatic hydroxyl groups excluding tert-OH is 1. The van der Waals surface area contributed by atoms with E-state index in [-0.39, 0.29) is 6.42 Å². The van der Waals surface area contributed by atoms with Crippen LogP contribution in [0.2, 0.25) is 0 Å². The normalized spacial score (nSPS) is 22.3. The van der Waals surface area contributed by atoms with E-state index >= 15 is 0 Å². The minimum Gasteiger partial charge on any atom is -0.496 e. The number of nitrogens with zero attached hydrogens (tertiary/aromatic N) is 1. The first kappa shape index (κ1) is 16.1. The molecule has 1 aromatic carbocycles. The van der Waals surface area contributed by atoms with Gasteiger partial charge in [0.05, 0.1) is 24.8 Å². The second kappa shape index (κ2) is 6.64. The standard InChI is InChI=1S/C14H18BrNO5/c1-20-12-5-10(15)13(21-2)3-8(12)6-16-7-9(17)4-11(16)14(18)19/h3,5,9,11,17H,4,6-7H2,1-2H3,(H,18,19). The van der Waals surface area contributed by atoms with Crippen LogP contribution in [0.15, 0.2) is 16.6 Å². The van der Waals surface area contributed by atoms with Crippen LogP contribution < -0.4 is 9.47 Å². The zero-order valence-electron chi connectivity index (χ0n) is 11.9. The van der Waals surface area contributed by atoms with Crippen molar-refractivity contribution >= 4 is 21.9 Å². The molecule has 6 nitrogen and oxygen atoms in total. The lowest BCUT2D eigenvalue weighted by Crippen LogP contribution is -2.35. The van der Waals surface area contributed by atoms with Crippen molar-refractivity contribution in [2.75, 3.05) is 20.8 Å². The van der Waals surface area contributed by atoms with Gasteiger partial charge < -0.3 is 19.7 Å². The van der Waals surface area contributed by atoms with Crippen LogP contribution in [0.3, 0.4) is 0 Å². The molecule has 1 aliphatic rings. The number of aliphatic carboxylic acids is 1. The van der Waals surface area contributed by atoms with Gasteiger partial charge in [0.2, 0.25) is 0 Å². The molecule has 0 spiro atoms. The summed E-state index contributed by atoms with van der Waals surface area (Å²) in [7, 11) is 3.13. The van der Waals surface area contributed by atoms with Crippen molar-refractivity contribution in [3.05, 3.63) is 22.2 Å². The highest BCUT2D eigenvalue weighted by Gasteiger charge is 2.36. The van der Waals surface area contributed by atoms with Gasteiger partial charge in [-0.25, -0.2) is 0 Å². The zero-order chi connectivity index (χ0) is 15.6. The van der Waals surface area contributed by atoms with E-state index in [0.29, 0.717) is 24.6 Å². The van der Waals surface area contributed by atoms with Crippen LogP contribution in [-0.4, -0.2) is 54.0 Å². The van der Waals surface area contributed by atoms with E-state index in [0.717, 1.165) is 10.0 Å². The predicted octanol–water partition coefficient (Wildman–Crippen LogP) is 1.49. The Morgan fingerprint density at radius 2 is 2.05 bits per heavy atom. The fraction of sp³-hybridized carbons (Fsp3) is 0.500. The summed E-state index contributed by atoms with van der Waals surface area (Å²) >= 11 is 3.39. The molecule has 2 N–H and O–H groups in total. The van der Waals surface area contributed by atoms with Crippen LogP contribution in [0.25, 0.3) is 0 Å². The molecule has 21 heavy (non-hydrogen) atoms. The van der Waals surface area contributed by atoms with Gasteiger partial charge in [0, 0.05) is 25.1 Å². The molecule has 0 aromatic heterocycles. The number of aliphatic hydroxyl groups is 1. The maximum atomic E-state index is 11.3. The molecule has 1 aromatic rings. The zero-order valence-corrected chi connectivity index (χ0v) is 13.5. The van der Waals surface area contributed by atoms with Crippen molar-refractivity contribution in [2.45, 2.75) is 25.1 Å². The Bertz CT molecular complexity index is 536. The van der Waals surface area contributed by atoms with Gasteiger partial charge in [0.15, 0.2) is 0 Å². The Hall–Kier alpha value is -1.31. The number of hydrogen-bond acceptors (Lipinski definition) is 5. The molecule has 1 heterocycles. The fourth-order valence-corrected chi connectivity index (χ4v) is 3.06. The van der Waals surface area contributed by atoms with Gasteiger partial charge in [0.25, 0.3) is 0 Å². The van der Waals surface area contributed by atoms with E-state index in [1.54, 1.807) is 25.2 Å². The van der Waals surface area contributed by atoms with E-state index < -0.39 is 18.1 Å². The number of ether oxygens (including phenoxy) is 2. The van der Waals surface area contributed by atoms with Crippen LogP contribution in [0, 0.1) is 0 Å². The number of carbonyl (C=O) groups is 1. The van der Waals surface area contributed by atoms with Gasteiger partial charge in [0.1, 0.15) is 17.5 Å². The molecule has 0 amide bonds. The van der Waals surface area contributed by atoms with Crippen molar-refractivity contribution in [1.82, 2.24) is 4.90 Å². The van der Waals surface area contributed by atoms with E-state index in [1.807, 2.05) is 6.07 Å². The summed E-state index contributed by atoms with van der Waals surface area (Å²) in [6.07, 6.45) is -0.375. The summed E-state index contributed by atoms with van der Waals surface area (Å²) in [6.45, 7) is 0.708. The number of halogens is 1. The summed E-state index contributed by atoms with van der Waals surface area (Å²) < 4.78 is 11.4. The molecule has 0 radical (unpaired) electrons. The number of hydrogen-bond donors (Lipinski definition) is 2. The molecule has 7 heteroatoms. The van der Waals surface area contributed by atoms with Crippen LogP contribution in [-0.2, 0) is 11.3 Å². The number of benzene rings is 1. The van der Waals surface area contributed by atoms with Crippen LogP contribution in [0.5, 0.6) is 11.5 Å². The Balaban J connectivity index is 2.27. The molecular formula is C14H18BrNO5. The van der Waals surface area contributed by atoms with E-state index in [4.69, 9.17) is 9.47 Å². The molecule has 2 unspecified atom stereocenters. The third-order valence-electron chi connectivity index (χ3n) is 3.59. The van der Waals surface area contributed by atoms with Crippen molar-refractivity contribution in [1.29, 1.82) is 0 Å². The predicted molar refractivity (Wildman–Crippen MR) is 79.7 cm³/mol. The van der Waals surface area contributed by atoms with Crippen molar-refractivity contribution in [3.8, 4) is 11.5 Å². The molecule has 0 bridgehead atoms. The highest BCUT2D eigenvalue weighted by molar-refractivity contribution is 9.10. The molecule has 2 atom stereocenters. The number of β-amino-alcohol motifs (C(OH)–C–C–N with tert-alkyl or cyclic N) is 1. The van der Waals surface area contributed by atoms with Gasteiger partial charge in [-0.2, -0.15) is 0 Å². The first-order valence-electron chi connectivity index (χ1n) is 6.51. The average molecular weight is 360 g/mol. The number of carboxylic acids is 1. The summed E-state index contributed by atoms with van der Waals surface area (Å²) in [6, 6.07) is 2.92. The highest BCUT2D eigenvalue weighted by Crippen LogP contribution is 2.34. The molecule has 0 aliphatic carbocycles. The van der Waals surface area contributed by atoms with Gasteiger partial charge in [-0.15, -0.1) is 0 Å². The van der Waals surface area contributed by atoms with Gasteiger partial charge in [-0.3, -0.25) is 9.69 Å². The number of likely N-dealkylation sites (tertiary alicyclic amines) is 1. The van der Waals surface area contributed by atoms with Crippen molar-refractivity contribution < 1.29 is 24.5 Å². The van der Waals surface area contributed by atoms with Crippen LogP contribution in [0.4, 0.5) is 0 Å². The van der Waals surface area contributed by atoms with Gasteiger partial charge in [-0.1, -0.05) is 0 Å². The molecule has 1 fully saturated rings. The van der Waals surface area contributed by atoms with Gasteiger partial charge in [-0.05, 0) is 28.1 Å².